The second-order valence-corrected chi connectivity index (χ2v) is 4.79. The summed E-state index contributed by atoms with van der Waals surface area (Å²) >= 11 is 3.38. The molecule has 1 aromatic carbocycles. The molecule has 0 spiro atoms. The number of benzene rings is 1. The molecule has 16 heavy (non-hydrogen) atoms. The largest absolute Gasteiger partial charge is 0.420 e. The average Bonchev–Trinajstić information content (AvgIpc) is 2.64. The third-order valence-electron chi connectivity index (χ3n) is 2.10. The van der Waals surface area contributed by atoms with Crippen LogP contribution in [0.4, 0.5) is 5.69 Å². The van der Waals surface area contributed by atoms with E-state index in [1.807, 2.05) is 32.0 Å². The van der Waals surface area contributed by atoms with Gasteiger partial charge in [0.1, 0.15) is 0 Å². The van der Waals surface area contributed by atoms with Crippen molar-refractivity contribution in [3.8, 4) is 11.5 Å². The Morgan fingerprint density at radius 2 is 2.00 bits per heavy atom. The van der Waals surface area contributed by atoms with E-state index in [4.69, 9.17) is 10.2 Å². The van der Waals surface area contributed by atoms with E-state index in [9.17, 15) is 0 Å². The van der Waals surface area contributed by atoms with Gasteiger partial charge in [0, 0.05) is 21.6 Å². The molecule has 0 atom stereocenters. The smallest absolute Gasteiger partial charge is 0.247 e. The first-order valence-electron chi connectivity index (χ1n) is 4.96. The fraction of sp³-hybridized carbons (Fsp3) is 0.273. The molecule has 1 aromatic heterocycles. The first-order valence-corrected chi connectivity index (χ1v) is 5.75. The van der Waals surface area contributed by atoms with Gasteiger partial charge in [0.2, 0.25) is 11.8 Å². The van der Waals surface area contributed by atoms with Crippen molar-refractivity contribution in [3.05, 3.63) is 28.6 Å². The van der Waals surface area contributed by atoms with Crippen LogP contribution in [0.2, 0.25) is 0 Å². The van der Waals surface area contributed by atoms with E-state index in [0.29, 0.717) is 17.5 Å². The molecule has 84 valence electrons. The Hall–Kier alpha value is -1.36. The van der Waals surface area contributed by atoms with Crippen molar-refractivity contribution >= 4 is 21.6 Å². The highest BCUT2D eigenvalue weighted by atomic mass is 79.9. The van der Waals surface area contributed by atoms with Gasteiger partial charge in [-0.3, -0.25) is 0 Å². The van der Waals surface area contributed by atoms with Crippen molar-refractivity contribution in [2.45, 2.75) is 19.8 Å². The molecule has 0 bridgehead atoms. The van der Waals surface area contributed by atoms with Gasteiger partial charge in [-0.25, -0.2) is 0 Å². The summed E-state index contributed by atoms with van der Waals surface area (Å²) in [5.74, 6) is 1.36. The molecule has 5 heteroatoms. The topological polar surface area (TPSA) is 64.9 Å². The SMILES string of the molecule is CC(C)c1nnc(-c2cc(N)cc(Br)c2)o1. The van der Waals surface area contributed by atoms with Crippen LogP contribution in [0.25, 0.3) is 11.5 Å². The molecule has 2 N–H and O–H groups in total. The van der Waals surface area contributed by atoms with Crippen LogP contribution >= 0.6 is 15.9 Å². The Morgan fingerprint density at radius 3 is 2.56 bits per heavy atom. The quantitative estimate of drug-likeness (QED) is 0.859. The highest BCUT2D eigenvalue weighted by Gasteiger charge is 2.11. The molecule has 0 aliphatic heterocycles. The van der Waals surface area contributed by atoms with E-state index in [1.165, 1.54) is 0 Å². The van der Waals surface area contributed by atoms with Gasteiger partial charge in [-0.15, -0.1) is 10.2 Å². The van der Waals surface area contributed by atoms with Crippen molar-refractivity contribution in [1.82, 2.24) is 10.2 Å². The van der Waals surface area contributed by atoms with Gasteiger partial charge in [-0.1, -0.05) is 29.8 Å². The lowest BCUT2D eigenvalue weighted by Gasteiger charge is -1.99. The maximum atomic E-state index is 5.74. The number of hydrogen-bond donors (Lipinski definition) is 1. The van der Waals surface area contributed by atoms with Crippen LogP contribution in [-0.2, 0) is 0 Å². The van der Waals surface area contributed by atoms with Gasteiger partial charge < -0.3 is 10.2 Å². The monoisotopic (exact) mass is 281 g/mol. The summed E-state index contributed by atoms with van der Waals surface area (Å²) in [6.07, 6.45) is 0. The Balaban J connectivity index is 2.42. The van der Waals surface area contributed by atoms with Crippen molar-refractivity contribution in [2.24, 2.45) is 0 Å². The standard InChI is InChI=1S/C11H12BrN3O/c1-6(2)10-14-15-11(16-10)7-3-8(12)5-9(13)4-7/h3-6H,13H2,1-2H3. The van der Waals surface area contributed by atoms with Crippen LogP contribution in [0.5, 0.6) is 0 Å². The maximum Gasteiger partial charge on any atom is 0.247 e. The first-order chi connectivity index (χ1) is 7.56. The fourth-order valence-corrected chi connectivity index (χ4v) is 1.83. The summed E-state index contributed by atoms with van der Waals surface area (Å²) in [6, 6.07) is 5.53. The summed E-state index contributed by atoms with van der Waals surface area (Å²) < 4.78 is 6.44. The third-order valence-corrected chi connectivity index (χ3v) is 2.56. The Kier molecular flexibility index (Phi) is 2.96. The van der Waals surface area contributed by atoms with Gasteiger partial charge in [-0.2, -0.15) is 0 Å². The predicted molar refractivity (Wildman–Crippen MR) is 65.9 cm³/mol. The van der Waals surface area contributed by atoms with E-state index in [2.05, 4.69) is 26.1 Å². The minimum Gasteiger partial charge on any atom is -0.420 e. The zero-order valence-electron chi connectivity index (χ0n) is 9.07. The first kappa shape index (κ1) is 11.1. The normalized spacial score (nSPS) is 11.0. The van der Waals surface area contributed by atoms with E-state index in [-0.39, 0.29) is 5.92 Å². The molecule has 4 nitrogen and oxygen atoms in total. The number of nitrogen functional groups attached to an aromatic ring is 1. The molecule has 0 aliphatic rings. The van der Waals surface area contributed by atoms with E-state index >= 15 is 0 Å². The maximum absolute atomic E-state index is 5.74. The summed E-state index contributed by atoms with van der Waals surface area (Å²) in [4.78, 5) is 0. The number of nitrogens with zero attached hydrogens (tertiary/aromatic N) is 2. The van der Waals surface area contributed by atoms with Gasteiger partial charge in [0.15, 0.2) is 0 Å². The predicted octanol–water partition coefficient (Wildman–Crippen LogP) is 3.20. The van der Waals surface area contributed by atoms with Crippen molar-refractivity contribution in [1.29, 1.82) is 0 Å². The minimum atomic E-state index is 0.228. The summed E-state index contributed by atoms with van der Waals surface area (Å²) in [5.41, 5.74) is 7.23. The second kappa shape index (κ2) is 4.25. The number of aromatic nitrogens is 2. The number of rotatable bonds is 2. The van der Waals surface area contributed by atoms with Crippen LogP contribution in [0.3, 0.4) is 0 Å². The van der Waals surface area contributed by atoms with E-state index in [1.54, 1.807) is 0 Å². The molecule has 0 fully saturated rings. The highest BCUT2D eigenvalue weighted by molar-refractivity contribution is 9.10. The zero-order chi connectivity index (χ0) is 11.7. The molecule has 0 radical (unpaired) electrons. The fourth-order valence-electron chi connectivity index (χ4n) is 1.32. The van der Waals surface area contributed by atoms with E-state index < -0.39 is 0 Å². The van der Waals surface area contributed by atoms with Crippen LogP contribution in [0.15, 0.2) is 27.1 Å². The molecule has 0 saturated carbocycles. The number of halogens is 1. The van der Waals surface area contributed by atoms with Gasteiger partial charge in [-0.05, 0) is 18.2 Å². The lowest BCUT2D eigenvalue weighted by Crippen LogP contribution is -1.86. The zero-order valence-corrected chi connectivity index (χ0v) is 10.7. The lowest BCUT2D eigenvalue weighted by atomic mass is 10.2. The average molecular weight is 282 g/mol. The molecule has 0 unspecified atom stereocenters. The minimum absolute atomic E-state index is 0.228. The number of hydrogen-bond acceptors (Lipinski definition) is 4. The molecular weight excluding hydrogens is 270 g/mol. The van der Waals surface area contributed by atoms with Gasteiger partial charge in [0.25, 0.3) is 0 Å². The molecule has 1 heterocycles. The molecule has 0 saturated heterocycles. The number of nitrogens with two attached hydrogens (primary N) is 1. The second-order valence-electron chi connectivity index (χ2n) is 3.87. The van der Waals surface area contributed by atoms with Crippen molar-refractivity contribution < 1.29 is 4.42 Å². The molecule has 2 rings (SSSR count). The highest BCUT2D eigenvalue weighted by Crippen LogP contribution is 2.26. The Labute approximate surface area is 102 Å². The molecule has 0 aliphatic carbocycles. The number of anilines is 1. The third kappa shape index (κ3) is 2.24. The van der Waals surface area contributed by atoms with Crippen LogP contribution < -0.4 is 5.73 Å². The summed E-state index contributed by atoms with van der Waals surface area (Å²) in [6.45, 7) is 4.01. The van der Waals surface area contributed by atoms with E-state index in [0.717, 1.165) is 10.0 Å². The van der Waals surface area contributed by atoms with Crippen LogP contribution in [-0.4, -0.2) is 10.2 Å². The van der Waals surface area contributed by atoms with Crippen LogP contribution in [0.1, 0.15) is 25.7 Å². The summed E-state index contributed by atoms with van der Waals surface area (Å²) in [5, 5.41) is 7.98. The Bertz CT molecular complexity index is 487. The summed E-state index contributed by atoms with van der Waals surface area (Å²) in [7, 11) is 0. The van der Waals surface area contributed by atoms with Crippen LogP contribution in [0, 0.1) is 0 Å². The molecule has 2 aromatic rings. The lowest BCUT2D eigenvalue weighted by molar-refractivity contribution is 0.481. The molecule has 0 amide bonds. The van der Waals surface area contributed by atoms with Gasteiger partial charge >= 0.3 is 0 Å². The molecular formula is C11H12BrN3O. The van der Waals surface area contributed by atoms with Gasteiger partial charge in [0.05, 0.1) is 0 Å². The Morgan fingerprint density at radius 1 is 1.25 bits per heavy atom. The van der Waals surface area contributed by atoms with Crippen molar-refractivity contribution in [2.75, 3.05) is 5.73 Å². The van der Waals surface area contributed by atoms with Crippen molar-refractivity contribution in [3.63, 3.8) is 0 Å².